The van der Waals surface area contributed by atoms with Gasteiger partial charge in [-0.15, -0.1) is 5.10 Å². The molecular weight excluding hydrogens is 310 g/mol. The summed E-state index contributed by atoms with van der Waals surface area (Å²) in [5.41, 5.74) is 0. The van der Waals surface area contributed by atoms with Gasteiger partial charge < -0.3 is 14.2 Å². The van der Waals surface area contributed by atoms with Gasteiger partial charge in [0.25, 0.3) is 5.91 Å². The van der Waals surface area contributed by atoms with Crippen molar-refractivity contribution in [1.82, 2.24) is 15.5 Å². The summed E-state index contributed by atoms with van der Waals surface area (Å²) < 4.78 is 33.1. The smallest absolute Gasteiger partial charge is 0.335 e. The first-order chi connectivity index (χ1) is 10.3. The van der Waals surface area contributed by atoms with Gasteiger partial charge >= 0.3 is 5.22 Å². The number of rotatable bonds is 6. The molecule has 0 fully saturated rings. The Kier molecular flexibility index (Phi) is 4.65. The third-order valence-corrected chi connectivity index (χ3v) is 4.05. The Balaban J connectivity index is 2.27. The van der Waals surface area contributed by atoms with Crippen LogP contribution in [0.25, 0.3) is 0 Å². The number of amides is 1. The van der Waals surface area contributed by atoms with E-state index in [0.717, 1.165) is 12.7 Å². The molecule has 0 saturated heterocycles. The van der Waals surface area contributed by atoms with E-state index in [-0.39, 0.29) is 17.6 Å². The fourth-order valence-corrected chi connectivity index (χ4v) is 2.23. The minimum absolute atomic E-state index is 0.0354. The first kappa shape index (κ1) is 16.2. The summed E-state index contributed by atoms with van der Waals surface area (Å²) in [6.07, 6.45) is 3.09. The van der Waals surface area contributed by atoms with Crippen LogP contribution >= 0.6 is 0 Å². The predicted octanol–water partition coefficient (Wildman–Crippen LogP) is 1.58. The second-order valence-electron chi connectivity index (χ2n) is 4.99. The van der Waals surface area contributed by atoms with E-state index in [1.54, 1.807) is 6.07 Å². The average molecular weight is 327 g/mol. The molecule has 22 heavy (non-hydrogen) atoms. The van der Waals surface area contributed by atoms with Crippen molar-refractivity contribution >= 4 is 15.7 Å². The molecular formula is C13H17N3O5S. The van der Waals surface area contributed by atoms with Crippen molar-refractivity contribution < 1.29 is 22.0 Å². The lowest BCUT2D eigenvalue weighted by Crippen LogP contribution is -2.32. The zero-order chi connectivity index (χ0) is 16.3. The standard InChI is InChI=1S/C13H17N3O5S/c1-4-8(2)10(14-11(17)9-6-5-7-20-9)12-15-16-13(21-12)22(3,18)19/h5-8,10H,4H2,1-3H3,(H,14,17)/t8-,10+/m1/s1. The van der Waals surface area contributed by atoms with Crippen LogP contribution in [0, 0.1) is 5.92 Å². The molecule has 1 N–H and O–H groups in total. The van der Waals surface area contributed by atoms with Gasteiger partial charge in [-0.25, -0.2) is 8.42 Å². The van der Waals surface area contributed by atoms with E-state index >= 15 is 0 Å². The molecule has 2 heterocycles. The van der Waals surface area contributed by atoms with E-state index in [1.807, 2.05) is 13.8 Å². The molecule has 2 rings (SSSR count). The highest BCUT2D eigenvalue weighted by Gasteiger charge is 2.28. The summed E-state index contributed by atoms with van der Waals surface area (Å²) in [4.78, 5) is 12.1. The van der Waals surface area contributed by atoms with Crippen molar-refractivity contribution in [2.24, 2.45) is 5.92 Å². The maximum atomic E-state index is 12.1. The fraction of sp³-hybridized carbons (Fsp3) is 0.462. The summed E-state index contributed by atoms with van der Waals surface area (Å²) >= 11 is 0. The molecule has 2 atom stereocenters. The maximum Gasteiger partial charge on any atom is 0.335 e. The molecule has 0 aliphatic heterocycles. The Hall–Kier alpha value is -2.16. The number of hydrogen-bond donors (Lipinski definition) is 1. The third kappa shape index (κ3) is 3.53. The Bertz CT molecular complexity index is 736. The fourth-order valence-electron chi connectivity index (χ4n) is 1.80. The van der Waals surface area contributed by atoms with Gasteiger partial charge in [0.05, 0.1) is 6.26 Å². The van der Waals surface area contributed by atoms with E-state index in [0.29, 0.717) is 0 Å². The van der Waals surface area contributed by atoms with Gasteiger partial charge in [0.2, 0.25) is 15.7 Å². The third-order valence-electron chi connectivity index (χ3n) is 3.25. The van der Waals surface area contributed by atoms with Gasteiger partial charge in [0.15, 0.2) is 5.76 Å². The Morgan fingerprint density at radius 2 is 2.14 bits per heavy atom. The number of sulfone groups is 1. The number of aromatic nitrogens is 2. The quantitative estimate of drug-likeness (QED) is 0.856. The number of carbonyl (C=O) groups excluding carboxylic acids is 1. The lowest BCUT2D eigenvalue weighted by molar-refractivity contribution is 0.0883. The van der Waals surface area contributed by atoms with Gasteiger partial charge in [-0.05, 0) is 18.1 Å². The minimum atomic E-state index is -3.59. The summed E-state index contributed by atoms with van der Waals surface area (Å²) in [6.45, 7) is 3.82. The SMILES string of the molecule is CC[C@@H](C)[C@H](NC(=O)c1ccco1)c1nnc(S(C)(=O)=O)o1. The van der Waals surface area contributed by atoms with E-state index in [4.69, 9.17) is 8.83 Å². The van der Waals surface area contributed by atoms with Crippen LogP contribution in [-0.4, -0.2) is 30.8 Å². The zero-order valence-corrected chi connectivity index (χ0v) is 13.3. The second kappa shape index (κ2) is 6.30. The van der Waals surface area contributed by atoms with E-state index in [1.165, 1.54) is 12.3 Å². The molecule has 0 saturated carbocycles. The van der Waals surface area contributed by atoms with Crippen LogP contribution in [0.2, 0.25) is 0 Å². The molecule has 0 aromatic carbocycles. The molecule has 0 spiro atoms. The lowest BCUT2D eigenvalue weighted by atomic mass is 9.99. The number of furan rings is 1. The van der Waals surface area contributed by atoms with Crippen LogP contribution in [0.3, 0.4) is 0 Å². The summed E-state index contributed by atoms with van der Waals surface area (Å²) in [7, 11) is -3.59. The van der Waals surface area contributed by atoms with Gasteiger partial charge in [-0.3, -0.25) is 4.79 Å². The molecule has 0 aliphatic carbocycles. The van der Waals surface area contributed by atoms with Crippen molar-refractivity contribution in [1.29, 1.82) is 0 Å². The van der Waals surface area contributed by atoms with Crippen molar-refractivity contribution in [3.8, 4) is 0 Å². The molecule has 2 aromatic heterocycles. The monoisotopic (exact) mass is 327 g/mol. The first-order valence-electron chi connectivity index (χ1n) is 6.70. The van der Waals surface area contributed by atoms with Crippen molar-refractivity contribution in [2.45, 2.75) is 31.5 Å². The molecule has 1 amide bonds. The van der Waals surface area contributed by atoms with Crippen LogP contribution in [0.4, 0.5) is 0 Å². The van der Waals surface area contributed by atoms with Crippen LogP contribution in [-0.2, 0) is 9.84 Å². The summed E-state index contributed by atoms with van der Waals surface area (Å²) in [6, 6.07) is 2.52. The second-order valence-corrected chi connectivity index (χ2v) is 6.89. The molecule has 0 bridgehead atoms. The van der Waals surface area contributed by atoms with Crippen LogP contribution in [0.1, 0.15) is 42.8 Å². The molecule has 0 radical (unpaired) electrons. The average Bonchev–Trinajstić information content (AvgIpc) is 3.13. The number of hydrogen-bond acceptors (Lipinski definition) is 7. The van der Waals surface area contributed by atoms with E-state index < -0.39 is 27.0 Å². The highest BCUT2D eigenvalue weighted by Crippen LogP contribution is 2.25. The molecule has 120 valence electrons. The van der Waals surface area contributed by atoms with Crippen molar-refractivity contribution in [3.05, 3.63) is 30.0 Å². The topological polar surface area (TPSA) is 115 Å². The minimum Gasteiger partial charge on any atom is -0.459 e. The first-order valence-corrected chi connectivity index (χ1v) is 8.60. The Labute approximate surface area is 127 Å². The number of nitrogens with zero attached hydrogens (tertiary/aromatic N) is 2. The summed E-state index contributed by atoms with van der Waals surface area (Å²) in [5.74, 6) is -0.271. The highest BCUT2D eigenvalue weighted by molar-refractivity contribution is 7.90. The summed E-state index contributed by atoms with van der Waals surface area (Å²) in [5, 5.41) is 9.52. The molecule has 0 unspecified atom stereocenters. The van der Waals surface area contributed by atoms with Gasteiger partial charge in [-0.1, -0.05) is 25.4 Å². The highest BCUT2D eigenvalue weighted by atomic mass is 32.2. The predicted molar refractivity (Wildman–Crippen MR) is 75.8 cm³/mol. The normalized spacial score (nSPS) is 14.5. The van der Waals surface area contributed by atoms with Gasteiger partial charge in [-0.2, -0.15) is 0 Å². The maximum absolute atomic E-state index is 12.1. The zero-order valence-electron chi connectivity index (χ0n) is 12.4. The number of nitrogens with one attached hydrogen (secondary N) is 1. The van der Waals surface area contributed by atoms with Crippen LogP contribution in [0.15, 0.2) is 32.5 Å². The van der Waals surface area contributed by atoms with E-state index in [2.05, 4.69) is 15.5 Å². The van der Waals surface area contributed by atoms with E-state index in [9.17, 15) is 13.2 Å². The van der Waals surface area contributed by atoms with Gasteiger partial charge in [0, 0.05) is 6.26 Å². The largest absolute Gasteiger partial charge is 0.459 e. The van der Waals surface area contributed by atoms with Crippen LogP contribution < -0.4 is 5.32 Å². The molecule has 2 aromatic rings. The van der Waals surface area contributed by atoms with Crippen molar-refractivity contribution in [3.63, 3.8) is 0 Å². The molecule has 0 aliphatic rings. The Morgan fingerprint density at radius 1 is 1.41 bits per heavy atom. The van der Waals surface area contributed by atoms with Crippen LogP contribution in [0.5, 0.6) is 0 Å². The lowest BCUT2D eigenvalue weighted by Gasteiger charge is -2.20. The molecule has 8 nitrogen and oxygen atoms in total. The van der Waals surface area contributed by atoms with Crippen molar-refractivity contribution in [2.75, 3.05) is 6.26 Å². The molecule has 9 heteroatoms. The number of carbonyl (C=O) groups is 1. The van der Waals surface area contributed by atoms with Gasteiger partial charge in [0.1, 0.15) is 6.04 Å². The Morgan fingerprint density at radius 3 is 2.64 bits per heavy atom.